The van der Waals surface area contributed by atoms with Gasteiger partial charge in [0.05, 0.1) is 88.3 Å². The third-order valence-electron chi connectivity index (χ3n) is 19.6. The van der Waals surface area contributed by atoms with Crippen molar-refractivity contribution in [2.45, 2.75) is 169 Å². The summed E-state index contributed by atoms with van der Waals surface area (Å²) in [7, 11) is 0. The Morgan fingerprint density at radius 1 is 0.304 bits per heavy atom. The number of esters is 6. The Morgan fingerprint density at radius 2 is 0.554 bits per heavy atom. The second-order valence-electron chi connectivity index (χ2n) is 28.6. The van der Waals surface area contributed by atoms with Crippen molar-refractivity contribution in [2.75, 3.05) is 79.3 Å². The fourth-order valence-corrected chi connectivity index (χ4v) is 12.1. The monoisotopic (exact) mass is 1530 g/mol. The van der Waals surface area contributed by atoms with Crippen molar-refractivity contribution in [3.63, 3.8) is 0 Å². The van der Waals surface area contributed by atoms with Gasteiger partial charge >= 0.3 is 35.8 Å². The number of hydrogen-bond donors (Lipinski definition) is 0. The van der Waals surface area contributed by atoms with Gasteiger partial charge in [-0.25, -0.2) is 28.8 Å². The van der Waals surface area contributed by atoms with Gasteiger partial charge in [0.15, 0.2) is 23.0 Å². The summed E-state index contributed by atoms with van der Waals surface area (Å²) in [5.41, 5.74) is 1.89. The molecule has 2 aliphatic heterocycles. The summed E-state index contributed by atoms with van der Waals surface area (Å²) in [4.78, 5) is 83.2. The maximum Gasteiger partial charge on any atom is 0.343 e. The van der Waals surface area contributed by atoms with Crippen LogP contribution in [0.4, 0.5) is 0 Å². The second kappa shape index (κ2) is 47.3. The van der Waals surface area contributed by atoms with E-state index in [1.54, 1.807) is 36.4 Å². The average Bonchev–Trinajstić information content (AvgIpc) is 0.791. The molecule has 0 unspecified atom stereocenters. The number of hydrogen-bond acceptors (Lipinski definition) is 20. The van der Waals surface area contributed by atoms with E-state index in [2.05, 4.69) is 27.7 Å². The zero-order valence-electron chi connectivity index (χ0n) is 65.5. The Hall–Kier alpha value is -10.1. The third-order valence-corrected chi connectivity index (χ3v) is 19.6. The second-order valence-corrected chi connectivity index (χ2v) is 28.6. The number of carbonyl (C=O) groups is 6. The molecule has 9 rings (SSSR count). The molecule has 2 aliphatic rings. The summed E-state index contributed by atoms with van der Waals surface area (Å²) in [6.45, 7) is 16.7. The summed E-state index contributed by atoms with van der Waals surface area (Å²) < 4.78 is 81.8. The van der Waals surface area contributed by atoms with Crippen LogP contribution in [0.5, 0.6) is 57.5 Å². The zero-order valence-corrected chi connectivity index (χ0v) is 65.5. The molecule has 112 heavy (non-hydrogen) atoms. The normalized spacial score (nSPS) is 13.3. The number of unbranched alkanes of at least 4 members (excludes halogenated alkanes) is 16. The minimum Gasteiger partial charge on any atom is -0.494 e. The lowest BCUT2D eigenvalue weighted by atomic mass is 9.84. The SMILES string of the molecule is CCCCCCCCOc1ccc(C=CC(=O)Oc2ccc(C(=O)Oc3cc(OC(=O)c4ccc(OCCCCCCOCC5(CC)COC5)cc4)c(OC(=O)c4ccc(OC(=O)C=Cc5ccc(OCCCCCCCC)cc5)cc4)cc3OC(=O)c3ccc(OCCCCCCOCC4(CC)COC4)cc3)cc2)cc1. The molecule has 0 amide bonds. The van der Waals surface area contributed by atoms with E-state index in [1.165, 1.54) is 136 Å². The van der Waals surface area contributed by atoms with Gasteiger partial charge in [-0.3, -0.25) is 0 Å². The van der Waals surface area contributed by atoms with Crippen LogP contribution >= 0.6 is 0 Å². The smallest absolute Gasteiger partial charge is 0.343 e. The Bertz CT molecular complexity index is 3790. The minimum atomic E-state index is -0.977. The van der Waals surface area contributed by atoms with E-state index in [0.29, 0.717) is 64.4 Å². The van der Waals surface area contributed by atoms with Gasteiger partial charge in [-0.1, -0.05) is 129 Å². The molecule has 0 spiro atoms. The van der Waals surface area contributed by atoms with E-state index < -0.39 is 58.8 Å². The topological polar surface area (TPSA) is 232 Å². The van der Waals surface area contributed by atoms with Crippen molar-refractivity contribution in [3.8, 4) is 57.5 Å². The van der Waals surface area contributed by atoms with E-state index in [1.807, 2.05) is 48.5 Å². The highest BCUT2D eigenvalue weighted by molar-refractivity contribution is 5.96. The molecule has 598 valence electrons. The molecule has 0 saturated carbocycles. The molecule has 0 N–H and O–H groups in total. The molecule has 2 fully saturated rings. The predicted molar refractivity (Wildman–Crippen MR) is 429 cm³/mol. The molecule has 0 atom stereocenters. The van der Waals surface area contributed by atoms with Gasteiger partial charge in [0.1, 0.15) is 34.5 Å². The van der Waals surface area contributed by atoms with Crippen LogP contribution < -0.4 is 47.4 Å². The first-order valence-corrected chi connectivity index (χ1v) is 40.0. The Morgan fingerprint density at radius 3 is 0.812 bits per heavy atom. The first-order valence-electron chi connectivity index (χ1n) is 40.0. The standard InChI is InChI=1S/C92H110O20/c1-5-9-11-13-15-23-57-103-75-41-27-69(28-42-75)31-53-85(93)107-79-49-37-73(38-50-79)89(97)111-83-61-82(110-88(96)72-35-47-78(48-36-72)106-60-26-20-18-22-56-100-64-92(8-4)67-102-68-92)84(62-81(83)109-87(95)71-33-45-77(46-34-71)105-59-25-19-17-21-55-99-63-91(7-3)65-101-66-91)112-90(98)74-39-51-80(52-40-74)108-86(94)54-32-70-29-43-76(44-30-70)104-58-24-16-14-12-10-6-2/h27-54,61-62H,5-26,55-60,63-68H2,1-4H3. The van der Waals surface area contributed by atoms with Crippen LogP contribution in [0.2, 0.25) is 0 Å². The maximum absolute atomic E-state index is 14.3. The van der Waals surface area contributed by atoms with E-state index in [4.69, 9.17) is 66.3 Å². The molecular formula is C92H110O20. The molecule has 7 aromatic rings. The van der Waals surface area contributed by atoms with Crippen molar-refractivity contribution < 1.29 is 95.1 Å². The number of carbonyl (C=O) groups excluding carboxylic acids is 6. The molecule has 2 heterocycles. The molecular weight excluding hydrogens is 1420 g/mol. The van der Waals surface area contributed by atoms with Gasteiger partial charge in [-0.05, 0) is 209 Å². The van der Waals surface area contributed by atoms with Gasteiger partial charge in [0, 0.05) is 48.3 Å². The lowest BCUT2D eigenvalue weighted by Crippen LogP contribution is -2.45. The van der Waals surface area contributed by atoms with Crippen molar-refractivity contribution in [2.24, 2.45) is 10.8 Å². The van der Waals surface area contributed by atoms with Crippen LogP contribution in [0, 0.1) is 10.8 Å². The van der Waals surface area contributed by atoms with E-state index in [0.717, 1.165) is 151 Å². The third kappa shape index (κ3) is 29.5. The average molecular weight is 1540 g/mol. The first-order chi connectivity index (χ1) is 54.7. The van der Waals surface area contributed by atoms with Gasteiger partial charge in [-0.2, -0.15) is 0 Å². The molecule has 20 heteroatoms. The summed E-state index contributed by atoms with van der Waals surface area (Å²) in [5, 5.41) is 0. The van der Waals surface area contributed by atoms with Crippen LogP contribution in [0.15, 0.2) is 170 Å². The summed E-state index contributed by atoms with van der Waals surface area (Å²) >= 11 is 0. The first kappa shape index (κ1) is 85.9. The van der Waals surface area contributed by atoms with E-state index >= 15 is 0 Å². The van der Waals surface area contributed by atoms with Crippen LogP contribution in [0.1, 0.15) is 222 Å². The molecule has 20 nitrogen and oxygen atoms in total. The Balaban J connectivity index is 0.887. The molecule has 0 aromatic heterocycles. The van der Waals surface area contributed by atoms with Crippen LogP contribution in [0.3, 0.4) is 0 Å². The van der Waals surface area contributed by atoms with Crippen molar-refractivity contribution in [1.82, 2.24) is 0 Å². The van der Waals surface area contributed by atoms with Gasteiger partial charge < -0.3 is 66.3 Å². The minimum absolute atomic E-state index is 0.0304. The molecule has 0 bridgehead atoms. The predicted octanol–water partition coefficient (Wildman–Crippen LogP) is 20.0. The van der Waals surface area contributed by atoms with Crippen LogP contribution in [-0.4, -0.2) is 115 Å². The summed E-state index contributed by atoms with van der Waals surface area (Å²) in [6, 6.07) is 40.5. The number of benzene rings is 7. The zero-order chi connectivity index (χ0) is 78.9. The number of ether oxygens (including phenoxy) is 14. The van der Waals surface area contributed by atoms with Crippen molar-refractivity contribution >= 4 is 48.0 Å². The highest BCUT2D eigenvalue weighted by Crippen LogP contribution is 2.42. The van der Waals surface area contributed by atoms with E-state index in [-0.39, 0.29) is 44.6 Å². The van der Waals surface area contributed by atoms with Gasteiger partial charge in [-0.15, -0.1) is 0 Å². The summed E-state index contributed by atoms with van der Waals surface area (Å²) in [6.07, 6.45) is 29.2. The highest BCUT2D eigenvalue weighted by Gasteiger charge is 2.38. The highest BCUT2D eigenvalue weighted by atomic mass is 16.6. The van der Waals surface area contributed by atoms with Gasteiger partial charge in [0.25, 0.3) is 0 Å². The molecule has 0 aliphatic carbocycles. The van der Waals surface area contributed by atoms with Crippen LogP contribution in [0.25, 0.3) is 12.2 Å². The molecule has 7 aromatic carbocycles. The fraction of sp³-hybridized carbons (Fsp3) is 0.435. The van der Waals surface area contributed by atoms with Crippen molar-refractivity contribution in [3.05, 3.63) is 203 Å². The quantitative estimate of drug-likeness (QED) is 0.0149. The van der Waals surface area contributed by atoms with Crippen LogP contribution in [-0.2, 0) is 28.5 Å². The largest absolute Gasteiger partial charge is 0.494 e. The molecule has 0 radical (unpaired) electrons. The Kier molecular flexibility index (Phi) is 36.3. The summed E-state index contributed by atoms with van der Waals surface area (Å²) in [5.74, 6) is -4.11. The van der Waals surface area contributed by atoms with E-state index in [9.17, 15) is 28.8 Å². The fourth-order valence-electron chi connectivity index (χ4n) is 12.1. The Labute approximate surface area is 659 Å². The van der Waals surface area contributed by atoms with Gasteiger partial charge in [0.2, 0.25) is 0 Å². The number of rotatable bonds is 52. The lowest BCUT2D eigenvalue weighted by molar-refractivity contribution is -0.150. The lowest BCUT2D eigenvalue weighted by Gasteiger charge is -2.40. The molecule has 2 saturated heterocycles. The van der Waals surface area contributed by atoms with Crippen molar-refractivity contribution in [1.29, 1.82) is 0 Å². The maximum atomic E-state index is 14.3.